The van der Waals surface area contributed by atoms with Gasteiger partial charge in [-0.3, -0.25) is 15.2 Å². The Kier molecular flexibility index (Phi) is 5.26. The van der Waals surface area contributed by atoms with Gasteiger partial charge >= 0.3 is 0 Å². The Hall–Kier alpha value is -3.26. The van der Waals surface area contributed by atoms with Gasteiger partial charge in [-0.05, 0) is 60.9 Å². The highest BCUT2D eigenvalue weighted by Gasteiger charge is 2.42. The van der Waals surface area contributed by atoms with E-state index in [1.54, 1.807) is 24.4 Å². The molecule has 4 rings (SSSR count). The molecule has 4 N–H and O–H groups in total. The summed E-state index contributed by atoms with van der Waals surface area (Å²) < 4.78 is 0. The molecule has 4 atom stereocenters. The van der Waals surface area contributed by atoms with Crippen LogP contribution < -0.4 is 16.6 Å². The van der Waals surface area contributed by atoms with Crippen molar-refractivity contribution in [1.29, 1.82) is 10.5 Å². The second-order valence-corrected chi connectivity index (χ2v) is 7.75. The van der Waals surface area contributed by atoms with E-state index in [0.717, 1.165) is 30.4 Å². The molecule has 2 aliphatic rings. The van der Waals surface area contributed by atoms with Crippen LogP contribution in [0.25, 0.3) is 11.1 Å². The van der Waals surface area contributed by atoms with Crippen LogP contribution in [0, 0.1) is 34.5 Å². The Morgan fingerprint density at radius 1 is 1.17 bits per heavy atom. The lowest BCUT2D eigenvalue weighted by Crippen LogP contribution is -2.62. The van der Waals surface area contributed by atoms with Crippen molar-refractivity contribution in [2.45, 2.75) is 31.2 Å². The normalized spacial score (nSPS) is 26.0. The van der Waals surface area contributed by atoms with Crippen molar-refractivity contribution in [2.24, 2.45) is 17.6 Å². The van der Waals surface area contributed by atoms with E-state index < -0.39 is 0 Å². The zero-order chi connectivity index (χ0) is 20.4. The van der Waals surface area contributed by atoms with Crippen molar-refractivity contribution in [1.82, 2.24) is 15.8 Å². The summed E-state index contributed by atoms with van der Waals surface area (Å²) in [5.74, 6) is 0.509. The lowest BCUT2D eigenvalue weighted by atomic mass is 9.68. The summed E-state index contributed by atoms with van der Waals surface area (Å²) in [5, 5.41) is 18.7. The van der Waals surface area contributed by atoms with Crippen molar-refractivity contribution >= 4 is 5.91 Å². The standard InChI is InChI=1S/C22H22N6O/c23-8-13-1-2-15(9-24)19(5-13)17-6-16(11-26-12-17)14-3-4-18-20(7-14)21(10-25)27-28-22(18)29/h1-2,5-6,11-12,14,18,20-21,27H,3-4,7,10,25H2,(H,28,29). The number of benzene rings is 1. The lowest BCUT2D eigenvalue weighted by molar-refractivity contribution is -0.133. The fourth-order valence-corrected chi connectivity index (χ4v) is 4.65. The Bertz CT molecular complexity index is 1020. The van der Waals surface area contributed by atoms with Crippen LogP contribution in [0.2, 0.25) is 0 Å². The van der Waals surface area contributed by atoms with Gasteiger partial charge in [-0.1, -0.05) is 0 Å². The first kappa shape index (κ1) is 19.1. The number of rotatable bonds is 3. The van der Waals surface area contributed by atoms with Crippen LogP contribution in [-0.4, -0.2) is 23.5 Å². The summed E-state index contributed by atoms with van der Waals surface area (Å²) >= 11 is 0. The van der Waals surface area contributed by atoms with Crippen molar-refractivity contribution < 1.29 is 4.79 Å². The van der Waals surface area contributed by atoms with Gasteiger partial charge in [0.05, 0.1) is 23.3 Å². The van der Waals surface area contributed by atoms with E-state index in [0.29, 0.717) is 23.2 Å². The van der Waals surface area contributed by atoms with Crippen LogP contribution in [0.5, 0.6) is 0 Å². The number of hydrazine groups is 1. The highest BCUT2D eigenvalue weighted by atomic mass is 16.2. The van der Waals surface area contributed by atoms with E-state index in [-0.39, 0.29) is 29.7 Å². The number of amides is 1. The number of carbonyl (C=O) groups is 1. The maximum absolute atomic E-state index is 12.2. The molecule has 1 aliphatic heterocycles. The number of aromatic nitrogens is 1. The van der Waals surface area contributed by atoms with Gasteiger partial charge in [-0.2, -0.15) is 10.5 Å². The van der Waals surface area contributed by atoms with Gasteiger partial charge in [0, 0.05) is 42.0 Å². The first-order valence-electron chi connectivity index (χ1n) is 9.79. The number of nitrogens with one attached hydrogen (secondary N) is 2. The van der Waals surface area contributed by atoms with Crippen molar-refractivity contribution in [3.8, 4) is 23.3 Å². The molecule has 0 radical (unpaired) electrons. The topological polar surface area (TPSA) is 128 Å². The maximum atomic E-state index is 12.2. The van der Waals surface area contributed by atoms with Gasteiger partial charge in [0.2, 0.25) is 5.91 Å². The molecule has 0 spiro atoms. The van der Waals surface area contributed by atoms with E-state index in [4.69, 9.17) is 5.73 Å². The van der Waals surface area contributed by atoms with Crippen LogP contribution in [0.15, 0.2) is 36.7 Å². The average Bonchev–Trinajstić information content (AvgIpc) is 2.78. The van der Waals surface area contributed by atoms with Crippen molar-refractivity contribution in [3.05, 3.63) is 53.3 Å². The second kappa shape index (κ2) is 8.00. The largest absolute Gasteiger partial charge is 0.329 e. The molecule has 0 bridgehead atoms. The molecular weight excluding hydrogens is 364 g/mol. The number of fused-ring (bicyclic) bond motifs is 1. The third-order valence-electron chi connectivity index (χ3n) is 6.20. The molecule has 146 valence electrons. The summed E-state index contributed by atoms with van der Waals surface area (Å²) in [4.78, 5) is 16.6. The van der Waals surface area contributed by atoms with Crippen LogP contribution in [0.3, 0.4) is 0 Å². The highest BCUT2D eigenvalue weighted by Crippen LogP contribution is 2.42. The fraction of sp³-hybridized carbons (Fsp3) is 0.364. The number of nitrogens with two attached hydrogens (primary N) is 1. The monoisotopic (exact) mass is 386 g/mol. The smallest absolute Gasteiger partial charge is 0.237 e. The molecule has 2 aromatic rings. The molecule has 1 saturated carbocycles. The molecule has 29 heavy (non-hydrogen) atoms. The van der Waals surface area contributed by atoms with E-state index in [1.807, 2.05) is 6.20 Å². The van der Waals surface area contributed by atoms with Crippen LogP contribution in [0.4, 0.5) is 0 Å². The van der Waals surface area contributed by atoms with Crippen molar-refractivity contribution in [3.63, 3.8) is 0 Å². The third kappa shape index (κ3) is 3.58. The van der Waals surface area contributed by atoms with E-state index in [2.05, 4.69) is 34.0 Å². The van der Waals surface area contributed by atoms with Crippen LogP contribution in [-0.2, 0) is 4.79 Å². The minimum absolute atomic E-state index is 0.00491. The number of hydrogen-bond donors (Lipinski definition) is 3. The number of nitriles is 2. The second-order valence-electron chi connectivity index (χ2n) is 7.75. The molecule has 1 amide bonds. The first-order valence-corrected chi connectivity index (χ1v) is 9.79. The van der Waals surface area contributed by atoms with Gasteiger partial charge in [0.1, 0.15) is 0 Å². The number of nitrogens with zero attached hydrogens (tertiary/aromatic N) is 3. The zero-order valence-electron chi connectivity index (χ0n) is 15.9. The molecule has 4 unspecified atom stereocenters. The van der Waals surface area contributed by atoms with Gasteiger partial charge < -0.3 is 5.73 Å². The molecule has 1 aromatic heterocycles. The van der Waals surface area contributed by atoms with Crippen molar-refractivity contribution in [2.75, 3.05) is 6.54 Å². The quantitative estimate of drug-likeness (QED) is 0.740. The predicted molar refractivity (Wildman–Crippen MR) is 107 cm³/mol. The Labute approximate surface area is 169 Å². The number of hydrogen-bond acceptors (Lipinski definition) is 6. The molecule has 2 fully saturated rings. The van der Waals surface area contributed by atoms with Crippen LogP contribution in [0.1, 0.15) is 41.9 Å². The average molecular weight is 386 g/mol. The van der Waals surface area contributed by atoms with Crippen LogP contribution >= 0.6 is 0 Å². The summed E-state index contributed by atoms with van der Waals surface area (Å²) in [6, 6.07) is 11.5. The van der Waals surface area contributed by atoms with E-state index in [9.17, 15) is 15.3 Å². The summed E-state index contributed by atoms with van der Waals surface area (Å²) in [5.41, 5.74) is 15.4. The molecule has 1 aromatic carbocycles. The van der Waals surface area contributed by atoms with Gasteiger partial charge in [-0.15, -0.1) is 0 Å². The molecule has 7 nitrogen and oxygen atoms in total. The lowest BCUT2D eigenvalue weighted by Gasteiger charge is -2.43. The minimum atomic E-state index is -0.00491. The SMILES string of the molecule is N#Cc1ccc(C#N)c(-c2cncc(C3CCC4C(=O)NNC(CN)C4C3)c2)c1. The Balaban J connectivity index is 1.64. The highest BCUT2D eigenvalue weighted by molar-refractivity contribution is 5.79. The number of pyridine rings is 1. The minimum Gasteiger partial charge on any atom is -0.329 e. The maximum Gasteiger partial charge on any atom is 0.237 e. The van der Waals surface area contributed by atoms with E-state index in [1.165, 1.54) is 0 Å². The zero-order valence-corrected chi connectivity index (χ0v) is 15.9. The molecule has 1 saturated heterocycles. The number of carbonyl (C=O) groups excluding carboxylic acids is 1. The molecule has 1 aliphatic carbocycles. The predicted octanol–water partition coefficient (Wildman–Crippen LogP) is 1.95. The van der Waals surface area contributed by atoms with Gasteiger partial charge in [0.15, 0.2) is 0 Å². The van der Waals surface area contributed by atoms with Gasteiger partial charge in [0.25, 0.3) is 0 Å². The summed E-state index contributed by atoms with van der Waals surface area (Å²) in [6.07, 6.45) is 6.17. The first-order chi connectivity index (χ1) is 14.1. The van der Waals surface area contributed by atoms with E-state index >= 15 is 0 Å². The summed E-state index contributed by atoms with van der Waals surface area (Å²) in [7, 11) is 0. The molecule has 7 heteroatoms. The Morgan fingerprint density at radius 3 is 2.79 bits per heavy atom. The Morgan fingerprint density at radius 2 is 2.03 bits per heavy atom. The van der Waals surface area contributed by atoms with Gasteiger partial charge in [-0.25, -0.2) is 5.43 Å². The molecular formula is C22H22N6O. The third-order valence-corrected chi connectivity index (χ3v) is 6.20. The molecule has 2 heterocycles. The summed E-state index contributed by atoms with van der Waals surface area (Å²) in [6.45, 7) is 0.471. The fourth-order valence-electron chi connectivity index (χ4n) is 4.65.